The third-order valence-electron chi connectivity index (χ3n) is 0.317. The van der Waals surface area contributed by atoms with Gasteiger partial charge in [-0.25, -0.2) is 4.79 Å². The van der Waals surface area contributed by atoms with Gasteiger partial charge in [0.25, 0.3) is 0 Å². The molecule has 0 aromatic rings. The summed E-state index contributed by atoms with van der Waals surface area (Å²) in [6.07, 6.45) is 2.27. The van der Waals surface area contributed by atoms with Crippen LogP contribution in [0.1, 0.15) is 0 Å². The lowest BCUT2D eigenvalue weighted by Gasteiger charge is -1.69. The molecule has 0 radical (unpaired) electrons. The van der Waals surface area contributed by atoms with Crippen LogP contribution >= 0.6 is 12.2 Å². The van der Waals surface area contributed by atoms with Gasteiger partial charge in [0.1, 0.15) is 0 Å². The van der Waals surface area contributed by atoms with Gasteiger partial charge < -0.3 is 5.11 Å². The fourth-order valence-corrected chi connectivity index (χ4v) is 0.200. The van der Waals surface area contributed by atoms with E-state index in [0.29, 0.717) is 0 Å². The molecule has 0 aliphatic carbocycles. The Balaban J connectivity index is 3.46. The average Bonchev–Trinajstić information content (AvgIpc) is 1.61. The highest BCUT2D eigenvalue weighted by molar-refractivity contribution is 7.79. The number of hydrogen-bond acceptors (Lipinski definition) is 2. The van der Waals surface area contributed by atoms with Crippen molar-refractivity contribution in [2.24, 2.45) is 0 Å². The second-order valence-electron chi connectivity index (χ2n) is 0.833. The van der Waals surface area contributed by atoms with Gasteiger partial charge in [0, 0.05) is 11.4 Å². The van der Waals surface area contributed by atoms with Gasteiger partial charge in [-0.1, -0.05) is 12.2 Å². The van der Waals surface area contributed by atoms with Crippen LogP contribution in [0.4, 0.5) is 0 Å². The van der Waals surface area contributed by atoms with Crippen molar-refractivity contribution < 1.29 is 9.90 Å². The summed E-state index contributed by atoms with van der Waals surface area (Å²) in [5.74, 6) is -0.971. The summed E-state index contributed by atoms with van der Waals surface area (Å²) in [6.45, 7) is 0. The highest BCUT2D eigenvalue weighted by Gasteiger charge is 1.78. The van der Waals surface area contributed by atoms with Gasteiger partial charge in [0.15, 0.2) is 0 Å². The largest absolute Gasteiger partial charge is 0.478 e. The van der Waals surface area contributed by atoms with Gasteiger partial charge in [0.05, 0.1) is 0 Å². The lowest BCUT2D eigenvalue weighted by molar-refractivity contribution is -0.131. The molecular formula is C4H4O2S. The minimum absolute atomic E-state index is 0.971. The molecule has 0 aromatic heterocycles. The SMILES string of the molecule is O=C(O)C=CC=S. The van der Waals surface area contributed by atoms with E-state index in [1.54, 1.807) is 0 Å². The Kier molecular flexibility index (Phi) is 3.14. The number of allylic oxidation sites excluding steroid dienone is 1. The predicted molar refractivity (Wildman–Crippen MR) is 30.4 cm³/mol. The third kappa shape index (κ3) is 5.30. The molecule has 0 amide bonds. The van der Waals surface area contributed by atoms with Crippen molar-refractivity contribution in [3.63, 3.8) is 0 Å². The summed E-state index contributed by atoms with van der Waals surface area (Å²) in [5, 5.41) is 9.14. The van der Waals surface area contributed by atoms with Crippen molar-refractivity contribution in [1.29, 1.82) is 0 Å². The second kappa shape index (κ2) is 3.49. The molecule has 2 nitrogen and oxygen atoms in total. The van der Waals surface area contributed by atoms with Crippen molar-refractivity contribution >= 4 is 23.6 Å². The minimum atomic E-state index is -0.971. The molecule has 7 heavy (non-hydrogen) atoms. The second-order valence-corrected chi connectivity index (χ2v) is 1.11. The van der Waals surface area contributed by atoms with Crippen molar-refractivity contribution in [2.45, 2.75) is 0 Å². The van der Waals surface area contributed by atoms with Gasteiger partial charge >= 0.3 is 5.97 Å². The summed E-state index contributed by atoms with van der Waals surface area (Å²) < 4.78 is 0. The standard InChI is InChI=1S/C4H4O2S/c5-4(6)2-1-3-7/h1-3H,(H,5,6). The van der Waals surface area contributed by atoms with E-state index < -0.39 is 5.97 Å². The summed E-state index contributed by atoms with van der Waals surface area (Å²) >= 11 is 4.30. The van der Waals surface area contributed by atoms with Crippen molar-refractivity contribution in [3.8, 4) is 0 Å². The average molecular weight is 116 g/mol. The quantitative estimate of drug-likeness (QED) is 0.424. The molecule has 0 saturated carbocycles. The van der Waals surface area contributed by atoms with Crippen molar-refractivity contribution in [3.05, 3.63) is 12.2 Å². The fourth-order valence-electron chi connectivity index (χ4n) is 0.122. The molecule has 0 rings (SSSR count). The zero-order valence-electron chi connectivity index (χ0n) is 3.50. The first kappa shape index (κ1) is 6.30. The zero-order chi connectivity index (χ0) is 5.70. The van der Waals surface area contributed by atoms with E-state index >= 15 is 0 Å². The number of thiocarbonyl (C=S) groups is 1. The summed E-state index contributed by atoms with van der Waals surface area (Å²) in [6, 6.07) is 0. The molecule has 0 atom stereocenters. The molecule has 0 saturated heterocycles. The molecule has 0 bridgehead atoms. The van der Waals surface area contributed by atoms with Crippen LogP contribution < -0.4 is 0 Å². The number of carbonyl (C=O) groups is 1. The van der Waals surface area contributed by atoms with Crippen LogP contribution in [-0.2, 0) is 4.79 Å². The molecule has 0 unspecified atom stereocenters. The van der Waals surface area contributed by atoms with Crippen LogP contribution in [0.3, 0.4) is 0 Å². The molecule has 0 aliphatic heterocycles. The van der Waals surface area contributed by atoms with E-state index in [2.05, 4.69) is 12.2 Å². The Morgan fingerprint density at radius 3 is 2.43 bits per heavy atom. The van der Waals surface area contributed by atoms with E-state index in [0.717, 1.165) is 6.08 Å². The maximum Gasteiger partial charge on any atom is 0.328 e. The number of aliphatic carboxylic acids is 1. The molecule has 0 aliphatic rings. The smallest absolute Gasteiger partial charge is 0.328 e. The first-order valence-electron chi connectivity index (χ1n) is 1.62. The summed E-state index contributed by atoms with van der Waals surface area (Å²) in [5.41, 5.74) is 0. The summed E-state index contributed by atoms with van der Waals surface area (Å²) in [7, 11) is 0. The van der Waals surface area contributed by atoms with Crippen molar-refractivity contribution in [1.82, 2.24) is 0 Å². The normalized spacial score (nSPS) is 9.14. The van der Waals surface area contributed by atoms with Crippen molar-refractivity contribution in [2.75, 3.05) is 0 Å². The Bertz CT molecular complexity index is 106. The predicted octanol–water partition coefficient (Wildman–Crippen LogP) is 0.627. The van der Waals surface area contributed by atoms with E-state index in [4.69, 9.17) is 5.11 Å². The maximum atomic E-state index is 9.61. The van der Waals surface area contributed by atoms with E-state index in [-0.39, 0.29) is 0 Å². The number of carboxylic acid groups (broad SMARTS) is 1. The van der Waals surface area contributed by atoms with E-state index in [1.807, 2.05) is 0 Å². The van der Waals surface area contributed by atoms with Gasteiger partial charge in [-0.3, -0.25) is 0 Å². The third-order valence-corrected chi connectivity index (χ3v) is 0.475. The summed E-state index contributed by atoms with van der Waals surface area (Å²) in [4.78, 5) is 9.61. The molecule has 0 heterocycles. The molecular weight excluding hydrogens is 112 g/mol. The van der Waals surface area contributed by atoms with Gasteiger partial charge in [0.2, 0.25) is 0 Å². The highest BCUT2D eigenvalue weighted by atomic mass is 32.1. The number of hydrogen-bond donors (Lipinski definition) is 1. The first-order chi connectivity index (χ1) is 3.27. The fraction of sp³-hybridized carbons (Fsp3) is 0. The van der Waals surface area contributed by atoms with Crippen LogP contribution in [-0.4, -0.2) is 16.4 Å². The van der Waals surface area contributed by atoms with Gasteiger partial charge in [-0.15, -0.1) is 0 Å². The first-order valence-corrected chi connectivity index (χ1v) is 2.09. The Hall–Kier alpha value is -0.700. The van der Waals surface area contributed by atoms with Crippen LogP contribution in [0.5, 0.6) is 0 Å². The maximum absolute atomic E-state index is 9.61. The number of carboxylic acids is 1. The lowest BCUT2D eigenvalue weighted by atomic mass is 10.5. The van der Waals surface area contributed by atoms with Crippen LogP contribution in [0, 0.1) is 0 Å². The molecule has 0 fully saturated rings. The molecule has 3 heteroatoms. The topological polar surface area (TPSA) is 37.3 Å². The Morgan fingerprint density at radius 2 is 2.29 bits per heavy atom. The van der Waals surface area contributed by atoms with E-state index in [9.17, 15) is 4.79 Å². The highest BCUT2D eigenvalue weighted by Crippen LogP contribution is 1.66. The molecule has 0 aromatic carbocycles. The Labute approximate surface area is 46.5 Å². The van der Waals surface area contributed by atoms with Gasteiger partial charge in [-0.05, 0) is 6.08 Å². The number of rotatable bonds is 2. The van der Waals surface area contributed by atoms with E-state index in [1.165, 1.54) is 11.4 Å². The van der Waals surface area contributed by atoms with Crippen LogP contribution in [0.2, 0.25) is 0 Å². The molecule has 0 spiro atoms. The minimum Gasteiger partial charge on any atom is -0.478 e. The van der Waals surface area contributed by atoms with Crippen LogP contribution in [0.25, 0.3) is 0 Å². The van der Waals surface area contributed by atoms with Crippen LogP contribution in [0.15, 0.2) is 12.2 Å². The Morgan fingerprint density at radius 1 is 1.71 bits per heavy atom. The molecule has 38 valence electrons. The molecule has 1 N–H and O–H groups in total. The monoisotopic (exact) mass is 116 g/mol. The lowest BCUT2D eigenvalue weighted by Crippen LogP contribution is -1.84. The van der Waals surface area contributed by atoms with Gasteiger partial charge in [-0.2, -0.15) is 0 Å². The zero-order valence-corrected chi connectivity index (χ0v) is 4.31.